The Morgan fingerprint density at radius 3 is 2.58 bits per heavy atom. The Kier molecular flexibility index (Phi) is 8.61. The number of fused-ring (bicyclic) bond motifs is 2. The van der Waals surface area contributed by atoms with Crippen molar-refractivity contribution in [2.45, 2.75) is 43.8 Å². The van der Waals surface area contributed by atoms with Gasteiger partial charge in [0.15, 0.2) is 0 Å². The number of anilines is 1. The normalized spacial score (nSPS) is 18.8. The van der Waals surface area contributed by atoms with Crippen LogP contribution in [0.25, 0.3) is 21.1 Å². The van der Waals surface area contributed by atoms with Gasteiger partial charge in [0.1, 0.15) is 0 Å². The van der Waals surface area contributed by atoms with Gasteiger partial charge in [-0.1, -0.05) is 24.3 Å². The van der Waals surface area contributed by atoms with Crippen LogP contribution in [0.4, 0.5) is 5.69 Å². The van der Waals surface area contributed by atoms with Crippen molar-refractivity contribution < 1.29 is 9.59 Å². The molecule has 0 bridgehead atoms. The van der Waals surface area contributed by atoms with Crippen molar-refractivity contribution in [3.8, 4) is 0 Å². The minimum Gasteiger partial charge on any atom is -0.334 e. The fraction of sp³-hybridized carbons (Fsp3) is 0.444. The van der Waals surface area contributed by atoms with Crippen LogP contribution in [0, 0.1) is 5.92 Å². The number of pyridine rings is 1. The standard InChI is InChI=1S/C14H17N5O2.C13H13B3N2S/c1-9-3-2-4-19(8-9)14(21)13(20)17-11-7-15-5-10-6-16-18-12(10)11;14-13(15,16)18-7-5-9(6-8-18)12-17-10-3-1-2-4-11(10)19-12/h5-7,9H,2-4,8H2,1H3,(H,16,18)(H,17,20);1-4,9H,5-8H2. The van der Waals surface area contributed by atoms with Crippen molar-refractivity contribution in [3.05, 3.63) is 47.9 Å². The molecule has 0 saturated carbocycles. The molecule has 2 fully saturated rings. The Labute approximate surface area is 241 Å². The molecule has 200 valence electrons. The maximum Gasteiger partial charge on any atom is 0.314 e. The van der Waals surface area contributed by atoms with E-state index in [1.807, 2.05) is 11.0 Å². The fourth-order valence-corrected chi connectivity index (χ4v) is 6.37. The number of hydrogen-bond donors (Lipinski definition) is 2. The van der Waals surface area contributed by atoms with Crippen LogP contribution in [0.3, 0.4) is 0 Å². The molecule has 2 amide bonds. The zero-order valence-corrected chi connectivity index (χ0v) is 23.4. The second kappa shape index (κ2) is 12.1. The SMILES string of the molecule is CC1CCCN(C(=O)C(=O)Nc2cncc3cn[nH]c23)C1.[B]C([B])([B])N1CCC(c2nc3ccccc3s2)CC1. The van der Waals surface area contributed by atoms with E-state index in [1.165, 1.54) is 15.9 Å². The number of piperidine rings is 2. The van der Waals surface area contributed by atoms with E-state index in [-0.39, 0.29) is 0 Å². The summed E-state index contributed by atoms with van der Waals surface area (Å²) in [5.41, 5.74) is 2.22. The van der Waals surface area contributed by atoms with E-state index in [0.29, 0.717) is 36.1 Å². The molecule has 6 radical (unpaired) electrons. The first-order valence-corrected chi connectivity index (χ1v) is 14.3. The fourth-order valence-electron chi connectivity index (χ4n) is 5.23. The van der Waals surface area contributed by atoms with E-state index in [2.05, 4.69) is 45.6 Å². The molecule has 1 atom stereocenters. The molecule has 0 spiro atoms. The highest BCUT2D eigenvalue weighted by Gasteiger charge is 2.28. The number of rotatable bonds is 3. The highest BCUT2D eigenvalue weighted by atomic mass is 32.1. The maximum atomic E-state index is 12.2. The first-order valence-electron chi connectivity index (χ1n) is 13.5. The summed E-state index contributed by atoms with van der Waals surface area (Å²) >= 11 is 1.79. The average Bonchev–Trinajstić information content (AvgIpc) is 3.60. The predicted molar refractivity (Wildman–Crippen MR) is 161 cm³/mol. The smallest absolute Gasteiger partial charge is 0.314 e. The number of aromatic nitrogens is 4. The molecule has 2 N–H and O–H groups in total. The van der Waals surface area contributed by atoms with Gasteiger partial charge in [-0.25, -0.2) is 4.98 Å². The Hall–Kier alpha value is -3.18. The zero-order chi connectivity index (χ0) is 28.3. The minimum absolute atomic E-state index is 0.438. The molecule has 6 rings (SSSR count). The number of hydrogen-bond acceptors (Lipinski definition) is 7. The number of thiazole rings is 1. The number of likely N-dealkylation sites (tertiary alicyclic amines) is 2. The first-order chi connectivity index (χ1) is 19.2. The molecule has 13 heteroatoms. The van der Waals surface area contributed by atoms with E-state index in [0.717, 1.165) is 49.7 Å². The summed E-state index contributed by atoms with van der Waals surface area (Å²) in [6.45, 7) is 5.02. The highest BCUT2D eigenvalue weighted by Crippen LogP contribution is 2.34. The lowest BCUT2D eigenvalue weighted by Crippen LogP contribution is -2.53. The molecule has 40 heavy (non-hydrogen) atoms. The van der Waals surface area contributed by atoms with Crippen LogP contribution in [-0.4, -0.2) is 96.7 Å². The summed E-state index contributed by atoms with van der Waals surface area (Å²) in [4.78, 5) is 36.6. The predicted octanol–water partition coefficient (Wildman–Crippen LogP) is 2.75. The van der Waals surface area contributed by atoms with Crippen molar-refractivity contribution >= 4 is 73.5 Å². The van der Waals surface area contributed by atoms with Crippen molar-refractivity contribution in [2.75, 3.05) is 31.5 Å². The molecule has 2 aliphatic rings. The third-order valence-corrected chi connectivity index (χ3v) is 8.64. The summed E-state index contributed by atoms with van der Waals surface area (Å²) < 4.78 is 1.26. The van der Waals surface area contributed by atoms with Crippen LogP contribution in [0.2, 0.25) is 0 Å². The molecule has 1 unspecified atom stereocenters. The van der Waals surface area contributed by atoms with Gasteiger partial charge in [0.25, 0.3) is 0 Å². The summed E-state index contributed by atoms with van der Waals surface area (Å²) in [6.07, 6.45) is 8.82. The second-order valence-corrected chi connectivity index (χ2v) is 11.7. The van der Waals surface area contributed by atoms with Gasteiger partial charge in [0, 0.05) is 30.6 Å². The van der Waals surface area contributed by atoms with Gasteiger partial charge in [0.2, 0.25) is 0 Å². The highest BCUT2D eigenvalue weighted by molar-refractivity contribution is 7.18. The summed E-state index contributed by atoms with van der Waals surface area (Å²) in [6, 6.07) is 8.27. The Balaban J connectivity index is 0.000000162. The quantitative estimate of drug-likeness (QED) is 0.301. The lowest BCUT2D eigenvalue weighted by Gasteiger charge is -2.42. The maximum absolute atomic E-state index is 12.2. The second-order valence-electron chi connectivity index (χ2n) is 10.6. The third kappa shape index (κ3) is 6.58. The average molecular weight is 549 g/mol. The van der Waals surface area contributed by atoms with Gasteiger partial charge in [-0.05, 0) is 56.8 Å². The molecule has 4 aromatic rings. The van der Waals surface area contributed by atoms with Gasteiger partial charge in [-0.3, -0.25) is 19.7 Å². The largest absolute Gasteiger partial charge is 0.334 e. The van der Waals surface area contributed by atoms with Crippen LogP contribution in [-0.2, 0) is 9.59 Å². The molecule has 5 heterocycles. The Bertz CT molecular complexity index is 1450. The summed E-state index contributed by atoms with van der Waals surface area (Å²) in [7, 11) is 17.2. The molecule has 3 aromatic heterocycles. The monoisotopic (exact) mass is 549 g/mol. The van der Waals surface area contributed by atoms with Crippen molar-refractivity contribution in [1.82, 2.24) is 30.0 Å². The lowest BCUT2D eigenvalue weighted by molar-refractivity contribution is -0.144. The molecule has 9 nitrogen and oxygen atoms in total. The molecule has 2 saturated heterocycles. The van der Waals surface area contributed by atoms with Gasteiger partial charge in [-0.15, -0.1) is 11.3 Å². The van der Waals surface area contributed by atoms with Crippen LogP contribution < -0.4 is 5.32 Å². The number of carbonyl (C=O) groups is 2. The van der Waals surface area contributed by atoms with Crippen molar-refractivity contribution in [1.29, 1.82) is 0 Å². The van der Waals surface area contributed by atoms with E-state index in [4.69, 9.17) is 28.5 Å². The Morgan fingerprint density at radius 2 is 1.85 bits per heavy atom. The van der Waals surface area contributed by atoms with Crippen LogP contribution in [0.5, 0.6) is 0 Å². The number of carbonyl (C=O) groups excluding carboxylic acids is 2. The van der Waals surface area contributed by atoms with E-state index >= 15 is 0 Å². The van der Waals surface area contributed by atoms with E-state index < -0.39 is 17.1 Å². The number of nitrogens with one attached hydrogen (secondary N) is 2. The number of aromatic amines is 1. The third-order valence-electron chi connectivity index (χ3n) is 7.44. The minimum atomic E-state index is -1.20. The molecule has 2 aliphatic heterocycles. The van der Waals surface area contributed by atoms with E-state index in [9.17, 15) is 9.59 Å². The van der Waals surface area contributed by atoms with Crippen LogP contribution in [0.15, 0.2) is 42.9 Å². The molecule has 1 aromatic carbocycles. The number of H-pyrrole nitrogens is 1. The first kappa shape index (κ1) is 28.4. The molecular formula is C27H30B3N7O2S. The number of nitrogens with zero attached hydrogens (tertiary/aromatic N) is 5. The van der Waals surface area contributed by atoms with Gasteiger partial charge in [-0.2, -0.15) is 5.10 Å². The summed E-state index contributed by atoms with van der Waals surface area (Å²) in [5.74, 6) is -0.185. The van der Waals surface area contributed by atoms with E-state index in [1.54, 1.807) is 28.6 Å². The van der Waals surface area contributed by atoms with Crippen LogP contribution >= 0.6 is 11.3 Å². The van der Waals surface area contributed by atoms with Gasteiger partial charge < -0.3 is 15.1 Å². The zero-order valence-electron chi connectivity index (χ0n) is 22.5. The Morgan fingerprint density at radius 1 is 1.07 bits per heavy atom. The molecule has 0 aliphatic carbocycles. The van der Waals surface area contributed by atoms with Crippen LogP contribution in [0.1, 0.15) is 43.5 Å². The topological polar surface area (TPSA) is 107 Å². The number of benzene rings is 1. The van der Waals surface area contributed by atoms with Gasteiger partial charge >= 0.3 is 11.8 Å². The van der Waals surface area contributed by atoms with Crippen molar-refractivity contribution in [2.24, 2.45) is 5.92 Å². The van der Waals surface area contributed by atoms with Gasteiger partial charge in [0.05, 0.1) is 62.4 Å². The molecular weight excluding hydrogens is 519 g/mol. The summed E-state index contributed by atoms with van der Waals surface area (Å²) in [5, 5.41) is 10.1. The number of amides is 2. The number of para-hydroxylation sites is 1. The van der Waals surface area contributed by atoms with Crippen molar-refractivity contribution in [3.63, 3.8) is 0 Å². The lowest BCUT2D eigenvalue weighted by atomic mass is 9.48.